The van der Waals surface area contributed by atoms with Crippen molar-refractivity contribution in [3.05, 3.63) is 0 Å². The van der Waals surface area contributed by atoms with E-state index in [-0.39, 0.29) is 32.0 Å². The molecule has 0 saturated carbocycles. The van der Waals surface area contributed by atoms with Crippen molar-refractivity contribution in [2.24, 2.45) is 0 Å². The molecule has 10 heavy (non-hydrogen) atoms. The van der Waals surface area contributed by atoms with Crippen LogP contribution in [-0.2, 0) is 35.8 Å². The van der Waals surface area contributed by atoms with Gasteiger partial charge in [-0.15, -0.1) is 0 Å². The molecule has 0 aliphatic rings. The van der Waals surface area contributed by atoms with Gasteiger partial charge in [-0.3, -0.25) is 4.79 Å². The topological polar surface area (TPSA) is 57.2 Å². The number of carbonyl (C=O) groups excluding carboxylic acids is 2. The van der Waals surface area contributed by atoms with Gasteiger partial charge in [0.25, 0.3) is 0 Å². The summed E-state index contributed by atoms with van der Waals surface area (Å²) in [4.78, 5) is 20.0. The average Bonchev–Trinajstić information content (AvgIpc) is 1.82. The summed E-state index contributed by atoms with van der Waals surface area (Å²) < 4.78 is 0. The van der Waals surface area contributed by atoms with E-state index >= 15 is 0 Å². The monoisotopic (exact) mass is 237 g/mol. The number of rotatable bonds is 4. The molecule has 56 valence electrons. The van der Waals surface area contributed by atoms with Crippen molar-refractivity contribution in [1.82, 2.24) is 0 Å². The van der Waals surface area contributed by atoms with Crippen molar-refractivity contribution in [3.63, 3.8) is 0 Å². The van der Waals surface area contributed by atoms with E-state index in [1.165, 1.54) is 11.8 Å². The maximum Gasteiger partial charge on any atom is 0.188 e. The minimum atomic E-state index is -1.59. The van der Waals surface area contributed by atoms with Crippen LogP contribution in [0.25, 0.3) is 0 Å². The molecule has 0 aliphatic heterocycles. The van der Waals surface area contributed by atoms with E-state index in [1.54, 1.807) is 0 Å². The number of hydrogen-bond donors (Lipinski definition) is 0. The average molecular weight is 238 g/mol. The Hall–Kier alpha value is 0.373. The van der Waals surface area contributed by atoms with Gasteiger partial charge in [-0.2, -0.15) is 11.8 Å². The number of carboxylic acids is 1. The van der Waals surface area contributed by atoms with Gasteiger partial charge in [0.2, 0.25) is 0 Å². The Morgan fingerprint density at radius 3 is 2.30 bits per heavy atom. The molecule has 0 N–H and O–H groups in total. The minimum Gasteiger partial charge on any atom is -0.542 e. The molecule has 0 amide bonds. The summed E-state index contributed by atoms with van der Waals surface area (Å²) in [6.07, 6.45) is 0. The fourth-order valence-electron chi connectivity index (χ4n) is 0.254. The molecule has 0 aromatic carbocycles. The van der Waals surface area contributed by atoms with Crippen molar-refractivity contribution in [2.45, 2.75) is 6.92 Å². The first-order valence-corrected chi connectivity index (χ1v) is 3.66. The van der Waals surface area contributed by atoms with E-state index in [0.29, 0.717) is 0 Å². The zero-order chi connectivity index (χ0) is 7.28. The van der Waals surface area contributed by atoms with E-state index in [2.05, 4.69) is 0 Å². The van der Waals surface area contributed by atoms with Crippen LogP contribution in [0.3, 0.4) is 0 Å². The summed E-state index contributed by atoms with van der Waals surface area (Å²) >= 11 is 1.27. The zero-order valence-corrected chi connectivity index (χ0v) is 8.82. The SMILES string of the molecule is CCSCC(=O)C(=O)[O-].[Zr]. The fourth-order valence-corrected chi connectivity index (χ4v) is 0.761. The van der Waals surface area contributed by atoms with Crippen molar-refractivity contribution >= 4 is 23.5 Å². The third-order valence-corrected chi connectivity index (χ3v) is 1.54. The van der Waals surface area contributed by atoms with Crippen LogP contribution < -0.4 is 5.11 Å². The van der Waals surface area contributed by atoms with Crippen LogP contribution in [-0.4, -0.2) is 23.3 Å². The van der Waals surface area contributed by atoms with E-state index in [4.69, 9.17) is 0 Å². The second-order valence-electron chi connectivity index (χ2n) is 1.35. The van der Waals surface area contributed by atoms with Gasteiger partial charge in [0.05, 0.1) is 5.75 Å². The number of ketones is 1. The van der Waals surface area contributed by atoms with Crippen molar-refractivity contribution < 1.29 is 40.9 Å². The molecule has 0 aromatic rings. The van der Waals surface area contributed by atoms with E-state index in [9.17, 15) is 14.7 Å². The van der Waals surface area contributed by atoms with Gasteiger partial charge < -0.3 is 9.90 Å². The molecule has 0 rings (SSSR count). The van der Waals surface area contributed by atoms with Gasteiger partial charge in [0, 0.05) is 26.2 Å². The fraction of sp³-hybridized carbons (Fsp3) is 0.600. The standard InChI is InChI=1S/C5H8O3S.Zr/c1-2-9-3-4(6)5(7)8;/h2-3H2,1H3,(H,7,8);/p-1. The number of carboxylic acid groups (broad SMARTS) is 1. The molecule has 0 unspecified atom stereocenters. The molecule has 3 nitrogen and oxygen atoms in total. The summed E-state index contributed by atoms with van der Waals surface area (Å²) in [5, 5.41) is 9.73. The van der Waals surface area contributed by atoms with E-state index < -0.39 is 11.8 Å². The molecule has 0 aromatic heterocycles. The molecule has 0 aliphatic carbocycles. The first-order valence-electron chi connectivity index (χ1n) is 2.50. The summed E-state index contributed by atoms with van der Waals surface area (Å²) in [6, 6.07) is 0. The van der Waals surface area contributed by atoms with E-state index in [1.807, 2.05) is 6.92 Å². The molecule has 0 bridgehead atoms. The van der Waals surface area contributed by atoms with Crippen LogP contribution in [0.1, 0.15) is 6.92 Å². The van der Waals surface area contributed by atoms with Gasteiger partial charge in [0.1, 0.15) is 5.97 Å². The predicted molar refractivity (Wildman–Crippen MR) is 33.0 cm³/mol. The molecule has 0 radical (unpaired) electrons. The largest absolute Gasteiger partial charge is 0.542 e. The molecule has 5 heteroatoms. The van der Waals surface area contributed by atoms with Crippen molar-refractivity contribution in [1.29, 1.82) is 0 Å². The van der Waals surface area contributed by atoms with Crippen molar-refractivity contribution in [2.75, 3.05) is 11.5 Å². The Kier molecular flexibility index (Phi) is 9.72. The maximum absolute atomic E-state index is 10.2. The number of carbonyl (C=O) groups is 2. The Bertz CT molecular complexity index is 126. The van der Waals surface area contributed by atoms with Crippen LogP contribution in [0.4, 0.5) is 0 Å². The molecular formula is C5H7O3SZr-. The van der Waals surface area contributed by atoms with Crippen LogP contribution in [0, 0.1) is 0 Å². The molecule has 0 saturated heterocycles. The zero-order valence-electron chi connectivity index (χ0n) is 5.55. The third kappa shape index (κ3) is 6.49. The van der Waals surface area contributed by atoms with Gasteiger partial charge in [-0.25, -0.2) is 0 Å². The summed E-state index contributed by atoms with van der Waals surface area (Å²) in [7, 11) is 0. The van der Waals surface area contributed by atoms with Gasteiger partial charge in [0.15, 0.2) is 5.78 Å². The quantitative estimate of drug-likeness (QED) is 0.593. The molecular weight excluding hydrogens is 231 g/mol. The van der Waals surface area contributed by atoms with Gasteiger partial charge in [-0.05, 0) is 5.75 Å². The number of Topliss-reactive ketones (excluding diaryl/α,β-unsaturated/α-hetero) is 1. The number of aliphatic carboxylic acids is 1. The summed E-state index contributed by atoms with van der Waals surface area (Å²) in [5.41, 5.74) is 0. The first kappa shape index (κ1) is 13.0. The van der Waals surface area contributed by atoms with Gasteiger partial charge >= 0.3 is 0 Å². The number of thioether (sulfide) groups is 1. The van der Waals surface area contributed by atoms with Gasteiger partial charge in [-0.1, -0.05) is 6.92 Å². The van der Waals surface area contributed by atoms with E-state index in [0.717, 1.165) is 5.75 Å². The first-order chi connectivity index (χ1) is 4.18. The minimum absolute atomic E-state index is 0. The second kappa shape index (κ2) is 7.48. The van der Waals surface area contributed by atoms with Crippen LogP contribution in [0.2, 0.25) is 0 Å². The molecule has 0 spiro atoms. The third-order valence-electron chi connectivity index (χ3n) is 0.665. The molecule has 0 atom stereocenters. The van der Waals surface area contributed by atoms with Crippen LogP contribution in [0.15, 0.2) is 0 Å². The van der Waals surface area contributed by atoms with Crippen LogP contribution >= 0.6 is 11.8 Å². The summed E-state index contributed by atoms with van der Waals surface area (Å²) in [6.45, 7) is 1.85. The Morgan fingerprint density at radius 1 is 1.50 bits per heavy atom. The number of hydrogen-bond acceptors (Lipinski definition) is 4. The van der Waals surface area contributed by atoms with Crippen molar-refractivity contribution in [3.8, 4) is 0 Å². The Morgan fingerprint density at radius 2 is 2.00 bits per heavy atom. The smallest absolute Gasteiger partial charge is 0.188 e. The molecule has 0 heterocycles. The maximum atomic E-state index is 10.2. The summed E-state index contributed by atoms with van der Waals surface area (Å²) in [5.74, 6) is -1.64. The Balaban J connectivity index is 0. The predicted octanol–water partition coefficient (Wildman–Crippen LogP) is -0.944. The van der Waals surface area contributed by atoms with Crippen LogP contribution in [0.5, 0.6) is 0 Å². The Labute approximate surface area is 82.7 Å². The normalized spacial score (nSPS) is 8.10. The molecule has 0 fully saturated rings. The second-order valence-corrected chi connectivity index (χ2v) is 2.62.